The number of rotatable bonds is 5. The molecule has 0 N–H and O–H groups in total. The first-order valence-corrected chi connectivity index (χ1v) is 5.34. The molecule has 4 nitrogen and oxygen atoms in total. The standard InChI is InChI=1S/C12H18N2O2/c1-10(2)14(9-12(15)16-3)8-11-6-4-5-7-13-11/h4-7,10H,8-9H2,1-3H3. The first-order chi connectivity index (χ1) is 7.63. The van der Waals surface area contributed by atoms with Crippen molar-refractivity contribution in [1.82, 2.24) is 9.88 Å². The molecule has 0 spiro atoms. The van der Waals surface area contributed by atoms with Crippen molar-refractivity contribution in [2.24, 2.45) is 0 Å². The zero-order chi connectivity index (χ0) is 12.0. The SMILES string of the molecule is COC(=O)CN(Cc1ccccn1)C(C)C. The molecule has 0 bridgehead atoms. The summed E-state index contributed by atoms with van der Waals surface area (Å²) >= 11 is 0. The van der Waals surface area contributed by atoms with Crippen LogP contribution < -0.4 is 0 Å². The molecule has 0 amide bonds. The van der Waals surface area contributed by atoms with Gasteiger partial charge in [-0.15, -0.1) is 0 Å². The second kappa shape index (κ2) is 6.23. The lowest BCUT2D eigenvalue weighted by Crippen LogP contribution is -2.35. The van der Waals surface area contributed by atoms with E-state index < -0.39 is 0 Å². The van der Waals surface area contributed by atoms with E-state index >= 15 is 0 Å². The van der Waals surface area contributed by atoms with E-state index in [9.17, 15) is 4.79 Å². The largest absolute Gasteiger partial charge is 0.468 e. The van der Waals surface area contributed by atoms with Gasteiger partial charge in [-0.05, 0) is 26.0 Å². The number of hydrogen-bond acceptors (Lipinski definition) is 4. The van der Waals surface area contributed by atoms with Crippen molar-refractivity contribution >= 4 is 5.97 Å². The van der Waals surface area contributed by atoms with Crippen molar-refractivity contribution < 1.29 is 9.53 Å². The molecular formula is C12H18N2O2. The monoisotopic (exact) mass is 222 g/mol. The van der Waals surface area contributed by atoms with Gasteiger partial charge in [0.2, 0.25) is 0 Å². The normalized spacial score (nSPS) is 10.8. The highest BCUT2D eigenvalue weighted by atomic mass is 16.5. The zero-order valence-electron chi connectivity index (χ0n) is 10.0. The molecule has 0 unspecified atom stereocenters. The molecule has 1 rings (SSSR count). The van der Waals surface area contributed by atoms with Crippen LogP contribution in [-0.2, 0) is 16.1 Å². The van der Waals surface area contributed by atoms with Gasteiger partial charge in [0, 0.05) is 18.8 Å². The van der Waals surface area contributed by atoms with Crippen LogP contribution in [0.3, 0.4) is 0 Å². The number of pyridine rings is 1. The fraction of sp³-hybridized carbons (Fsp3) is 0.500. The van der Waals surface area contributed by atoms with Gasteiger partial charge in [0.05, 0.1) is 19.3 Å². The van der Waals surface area contributed by atoms with E-state index in [0.29, 0.717) is 13.1 Å². The van der Waals surface area contributed by atoms with Gasteiger partial charge in [-0.3, -0.25) is 14.7 Å². The number of nitrogens with zero attached hydrogens (tertiary/aromatic N) is 2. The van der Waals surface area contributed by atoms with Crippen molar-refractivity contribution in [2.45, 2.75) is 26.4 Å². The van der Waals surface area contributed by atoms with Crippen molar-refractivity contribution in [2.75, 3.05) is 13.7 Å². The van der Waals surface area contributed by atoms with Crippen LogP contribution in [0.5, 0.6) is 0 Å². The van der Waals surface area contributed by atoms with Crippen LogP contribution in [0, 0.1) is 0 Å². The van der Waals surface area contributed by atoms with Gasteiger partial charge in [-0.2, -0.15) is 0 Å². The lowest BCUT2D eigenvalue weighted by molar-refractivity contribution is -0.142. The number of hydrogen-bond donors (Lipinski definition) is 0. The third-order valence-electron chi connectivity index (χ3n) is 2.38. The number of carbonyl (C=O) groups excluding carboxylic acids is 1. The third-order valence-corrected chi connectivity index (χ3v) is 2.38. The summed E-state index contributed by atoms with van der Waals surface area (Å²) in [6.07, 6.45) is 1.76. The van der Waals surface area contributed by atoms with Crippen molar-refractivity contribution in [3.8, 4) is 0 Å². The highest BCUT2D eigenvalue weighted by Gasteiger charge is 2.14. The van der Waals surface area contributed by atoms with Crippen LogP contribution in [0.25, 0.3) is 0 Å². The average molecular weight is 222 g/mol. The Morgan fingerprint density at radius 1 is 1.50 bits per heavy atom. The van der Waals surface area contributed by atoms with E-state index in [1.54, 1.807) is 6.20 Å². The molecule has 1 aromatic rings. The molecule has 0 atom stereocenters. The predicted octanol–water partition coefficient (Wildman–Crippen LogP) is 1.46. The van der Waals surface area contributed by atoms with Gasteiger partial charge >= 0.3 is 5.97 Å². The van der Waals surface area contributed by atoms with Gasteiger partial charge < -0.3 is 4.74 Å². The van der Waals surface area contributed by atoms with Crippen LogP contribution in [-0.4, -0.2) is 35.5 Å². The lowest BCUT2D eigenvalue weighted by atomic mass is 10.2. The second-order valence-corrected chi connectivity index (χ2v) is 3.90. The molecule has 88 valence electrons. The highest BCUT2D eigenvalue weighted by molar-refractivity contribution is 5.71. The maximum atomic E-state index is 11.2. The van der Waals surface area contributed by atoms with Gasteiger partial charge in [-0.25, -0.2) is 0 Å². The minimum atomic E-state index is -0.218. The maximum absolute atomic E-state index is 11.2. The number of esters is 1. The molecule has 1 aromatic heterocycles. The zero-order valence-corrected chi connectivity index (χ0v) is 10.0. The fourth-order valence-electron chi connectivity index (χ4n) is 1.35. The molecule has 0 aliphatic heterocycles. The van der Waals surface area contributed by atoms with E-state index in [-0.39, 0.29) is 12.0 Å². The Labute approximate surface area is 96.2 Å². The van der Waals surface area contributed by atoms with Crippen LogP contribution in [0.2, 0.25) is 0 Å². The van der Waals surface area contributed by atoms with E-state index in [2.05, 4.69) is 9.72 Å². The van der Waals surface area contributed by atoms with E-state index in [1.807, 2.05) is 36.9 Å². The molecule has 0 aliphatic rings. The minimum absolute atomic E-state index is 0.218. The summed E-state index contributed by atoms with van der Waals surface area (Å²) in [7, 11) is 1.40. The summed E-state index contributed by atoms with van der Waals surface area (Å²) < 4.78 is 4.67. The van der Waals surface area contributed by atoms with Crippen LogP contribution in [0.15, 0.2) is 24.4 Å². The third kappa shape index (κ3) is 3.98. The van der Waals surface area contributed by atoms with Crippen molar-refractivity contribution in [1.29, 1.82) is 0 Å². The number of ether oxygens (including phenoxy) is 1. The summed E-state index contributed by atoms with van der Waals surface area (Å²) in [5.41, 5.74) is 0.958. The topological polar surface area (TPSA) is 42.4 Å². The average Bonchev–Trinajstić information content (AvgIpc) is 2.29. The summed E-state index contributed by atoms with van der Waals surface area (Å²) in [6.45, 7) is 5.05. The van der Waals surface area contributed by atoms with Crippen LogP contribution in [0.1, 0.15) is 19.5 Å². The van der Waals surface area contributed by atoms with Crippen molar-refractivity contribution in [3.05, 3.63) is 30.1 Å². The van der Waals surface area contributed by atoms with Gasteiger partial charge in [0.25, 0.3) is 0 Å². The molecule has 0 fully saturated rings. The van der Waals surface area contributed by atoms with Gasteiger partial charge in [0.15, 0.2) is 0 Å². The Hall–Kier alpha value is -1.42. The molecule has 0 aromatic carbocycles. The Morgan fingerprint density at radius 3 is 2.75 bits per heavy atom. The van der Waals surface area contributed by atoms with E-state index in [0.717, 1.165) is 5.69 Å². The smallest absolute Gasteiger partial charge is 0.319 e. The predicted molar refractivity (Wildman–Crippen MR) is 61.8 cm³/mol. The molecule has 0 radical (unpaired) electrons. The molecule has 4 heteroatoms. The Bertz CT molecular complexity index is 325. The van der Waals surface area contributed by atoms with Crippen molar-refractivity contribution in [3.63, 3.8) is 0 Å². The first kappa shape index (κ1) is 12.6. The highest BCUT2D eigenvalue weighted by Crippen LogP contribution is 2.05. The number of carbonyl (C=O) groups is 1. The Kier molecular flexibility index (Phi) is 4.92. The molecule has 0 saturated carbocycles. The van der Waals surface area contributed by atoms with Gasteiger partial charge in [0.1, 0.15) is 0 Å². The molecule has 0 saturated heterocycles. The minimum Gasteiger partial charge on any atom is -0.468 e. The molecule has 1 heterocycles. The van der Waals surface area contributed by atoms with E-state index in [1.165, 1.54) is 7.11 Å². The molecule has 0 aliphatic carbocycles. The molecule has 16 heavy (non-hydrogen) atoms. The maximum Gasteiger partial charge on any atom is 0.319 e. The lowest BCUT2D eigenvalue weighted by Gasteiger charge is -2.24. The quantitative estimate of drug-likeness (QED) is 0.707. The second-order valence-electron chi connectivity index (χ2n) is 3.90. The van der Waals surface area contributed by atoms with Crippen LogP contribution in [0.4, 0.5) is 0 Å². The Balaban J connectivity index is 2.62. The number of methoxy groups -OCH3 is 1. The fourth-order valence-corrected chi connectivity index (χ4v) is 1.35. The Morgan fingerprint density at radius 2 is 2.25 bits per heavy atom. The summed E-state index contributed by atoms with van der Waals surface area (Å²) in [4.78, 5) is 17.5. The van der Waals surface area contributed by atoms with E-state index in [4.69, 9.17) is 0 Å². The molecular weight excluding hydrogens is 204 g/mol. The number of aromatic nitrogens is 1. The summed E-state index contributed by atoms with van der Waals surface area (Å²) in [5.74, 6) is -0.218. The van der Waals surface area contributed by atoms with Gasteiger partial charge in [-0.1, -0.05) is 6.07 Å². The first-order valence-electron chi connectivity index (χ1n) is 5.34. The summed E-state index contributed by atoms with van der Waals surface area (Å²) in [6, 6.07) is 6.05. The summed E-state index contributed by atoms with van der Waals surface area (Å²) in [5, 5.41) is 0. The van der Waals surface area contributed by atoms with Crippen LogP contribution >= 0.6 is 0 Å².